The van der Waals surface area contributed by atoms with Crippen molar-refractivity contribution < 1.29 is 22.3 Å². The van der Waals surface area contributed by atoms with E-state index < -0.39 is 21.9 Å². The Bertz CT molecular complexity index is 881. The average molecular weight is 350 g/mol. The molecule has 2 aromatic rings. The number of carbonyl (C=O) groups excluding carboxylic acids is 1. The predicted molar refractivity (Wildman–Crippen MR) is 86.1 cm³/mol. The minimum absolute atomic E-state index is 0.0193. The first-order valence-corrected chi connectivity index (χ1v) is 8.68. The zero-order valence-electron chi connectivity index (χ0n) is 12.8. The summed E-state index contributed by atoms with van der Waals surface area (Å²) in [7, 11) is -4.01. The number of urea groups is 1. The van der Waals surface area contributed by atoms with Crippen LogP contribution in [0.4, 0.5) is 14.9 Å². The number of amides is 2. The first-order chi connectivity index (χ1) is 11.4. The van der Waals surface area contributed by atoms with Gasteiger partial charge < -0.3 is 4.74 Å². The highest BCUT2D eigenvalue weighted by Gasteiger charge is 2.27. The maximum absolute atomic E-state index is 13.4. The molecule has 0 saturated heterocycles. The smallest absolute Gasteiger partial charge is 0.336 e. The summed E-state index contributed by atoms with van der Waals surface area (Å²) in [4.78, 5) is 13.5. The van der Waals surface area contributed by atoms with Crippen LogP contribution in [-0.2, 0) is 10.0 Å². The van der Waals surface area contributed by atoms with Gasteiger partial charge in [0.25, 0.3) is 10.0 Å². The van der Waals surface area contributed by atoms with Gasteiger partial charge in [-0.15, -0.1) is 0 Å². The van der Waals surface area contributed by atoms with Gasteiger partial charge in [-0.25, -0.2) is 22.3 Å². The van der Waals surface area contributed by atoms with E-state index in [1.807, 2.05) is 11.6 Å². The molecule has 0 bridgehead atoms. The number of anilines is 1. The second kappa shape index (κ2) is 6.12. The van der Waals surface area contributed by atoms with E-state index in [9.17, 15) is 17.6 Å². The maximum Gasteiger partial charge on any atom is 0.336 e. The first kappa shape index (κ1) is 16.3. The minimum atomic E-state index is -4.01. The number of halogens is 1. The Labute approximate surface area is 138 Å². The molecule has 0 radical (unpaired) electrons. The van der Waals surface area contributed by atoms with Crippen molar-refractivity contribution >= 4 is 21.7 Å². The van der Waals surface area contributed by atoms with E-state index in [1.165, 1.54) is 24.3 Å². The second-order valence-electron chi connectivity index (χ2n) is 5.34. The Morgan fingerprint density at radius 2 is 1.92 bits per heavy atom. The Morgan fingerprint density at radius 3 is 2.62 bits per heavy atom. The van der Waals surface area contributed by atoms with Crippen LogP contribution in [0.1, 0.15) is 5.56 Å². The molecule has 6 nitrogen and oxygen atoms in total. The van der Waals surface area contributed by atoms with Gasteiger partial charge in [0.15, 0.2) is 0 Å². The largest absolute Gasteiger partial charge is 0.490 e. The van der Waals surface area contributed by atoms with E-state index in [-0.39, 0.29) is 23.7 Å². The summed E-state index contributed by atoms with van der Waals surface area (Å²) >= 11 is 0. The van der Waals surface area contributed by atoms with Crippen molar-refractivity contribution in [3.63, 3.8) is 0 Å². The molecule has 0 saturated carbocycles. The Morgan fingerprint density at radius 1 is 1.21 bits per heavy atom. The molecule has 0 aromatic heterocycles. The van der Waals surface area contributed by atoms with E-state index in [0.29, 0.717) is 5.75 Å². The summed E-state index contributed by atoms with van der Waals surface area (Å²) in [5.41, 5.74) is 1.09. The van der Waals surface area contributed by atoms with E-state index in [4.69, 9.17) is 4.74 Å². The van der Waals surface area contributed by atoms with Crippen LogP contribution in [0.5, 0.6) is 5.75 Å². The van der Waals surface area contributed by atoms with Crippen LogP contribution in [0.3, 0.4) is 0 Å². The van der Waals surface area contributed by atoms with E-state index >= 15 is 0 Å². The third kappa shape index (κ3) is 3.18. The zero-order valence-corrected chi connectivity index (χ0v) is 13.6. The normalized spacial score (nSPS) is 13.8. The molecule has 3 rings (SSSR count). The fourth-order valence-corrected chi connectivity index (χ4v) is 3.30. The van der Waals surface area contributed by atoms with Gasteiger partial charge in [0.05, 0.1) is 17.1 Å². The van der Waals surface area contributed by atoms with Gasteiger partial charge in [-0.3, -0.25) is 4.90 Å². The van der Waals surface area contributed by atoms with Crippen molar-refractivity contribution in [3.05, 3.63) is 53.8 Å². The summed E-state index contributed by atoms with van der Waals surface area (Å²) in [6, 6.07) is 8.99. The lowest BCUT2D eigenvalue weighted by Gasteiger charge is -2.29. The van der Waals surface area contributed by atoms with E-state index in [2.05, 4.69) is 0 Å². The van der Waals surface area contributed by atoms with Crippen molar-refractivity contribution in [2.75, 3.05) is 18.1 Å². The van der Waals surface area contributed by atoms with Crippen LogP contribution < -0.4 is 14.4 Å². The summed E-state index contributed by atoms with van der Waals surface area (Å²) in [6.07, 6.45) is 0. The molecule has 2 aromatic carbocycles. The van der Waals surface area contributed by atoms with Crippen molar-refractivity contribution in [1.82, 2.24) is 4.72 Å². The lowest BCUT2D eigenvalue weighted by Crippen LogP contribution is -2.46. The monoisotopic (exact) mass is 350 g/mol. The molecule has 126 valence electrons. The van der Waals surface area contributed by atoms with Gasteiger partial charge in [0.1, 0.15) is 18.2 Å². The number of hydrogen-bond donors (Lipinski definition) is 1. The first-order valence-electron chi connectivity index (χ1n) is 7.20. The Balaban J connectivity index is 1.86. The fourth-order valence-electron chi connectivity index (χ4n) is 2.35. The number of benzene rings is 2. The molecule has 0 spiro atoms. The van der Waals surface area contributed by atoms with Crippen LogP contribution in [0, 0.1) is 12.7 Å². The molecule has 8 heteroatoms. The number of aryl methyl sites for hydroxylation is 1. The predicted octanol–water partition coefficient (Wildman–Crippen LogP) is 2.43. The highest BCUT2D eigenvalue weighted by molar-refractivity contribution is 7.90. The third-order valence-electron chi connectivity index (χ3n) is 3.58. The average Bonchev–Trinajstić information content (AvgIpc) is 2.54. The Kier molecular flexibility index (Phi) is 4.15. The molecule has 0 atom stereocenters. The summed E-state index contributed by atoms with van der Waals surface area (Å²) in [5, 5.41) is 0. The van der Waals surface area contributed by atoms with Crippen molar-refractivity contribution in [2.45, 2.75) is 11.8 Å². The molecule has 0 fully saturated rings. The SMILES string of the molecule is Cc1ccc(S(=O)(=O)NC(=O)N2CCOc3ccc(F)cc32)cc1. The standard InChI is InChI=1S/C16H15FN2O4S/c1-11-2-5-13(6-3-11)24(21,22)18-16(20)19-8-9-23-15-7-4-12(17)10-14(15)19/h2-7,10H,8-9H2,1H3,(H,18,20). The van der Waals surface area contributed by atoms with Gasteiger partial charge in [-0.1, -0.05) is 17.7 Å². The highest BCUT2D eigenvalue weighted by atomic mass is 32.2. The van der Waals surface area contributed by atoms with Crippen LogP contribution in [-0.4, -0.2) is 27.6 Å². The number of nitrogens with zero attached hydrogens (tertiary/aromatic N) is 1. The fraction of sp³-hybridized carbons (Fsp3) is 0.188. The molecule has 1 aliphatic heterocycles. The number of sulfonamides is 1. The lowest BCUT2D eigenvalue weighted by molar-refractivity contribution is 0.244. The van der Waals surface area contributed by atoms with Gasteiger partial charge >= 0.3 is 6.03 Å². The van der Waals surface area contributed by atoms with Crippen LogP contribution in [0.15, 0.2) is 47.4 Å². The molecule has 1 aliphatic rings. The molecule has 1 heterocycles. The number of hydrogen-bond acceptors (Lipinski definition) is 4. The van der Waals surface area contributed by atoms with Gasteiger partial charge in [0.2, 0.25) is 0 Å². The summed E-state index contributed by atoms with van der Waals surface area (Å²) < 4.78 is 45.4. The molecule has 0 unspecified atom stereocenters. The molecular weight excluding hydrogens is 335 g/mol. The number of rotatable bonds is 2. The highest BCUT2D eigenvalue weighted by Crippen LogP contribution is 2.32. The van der Waals surface area contributed by atoms with Crippen molar-refractivity contribution in [2.24, 2.45) is 0 Å². The Hall–Kier alpha value is -2.61. The van der Waals surface area contributed by atoms with Gasteiger partial charge in [-0.2, -0.15) is 0 Å². The number of ether oxygens (including phenoxy) is 1. The van der Waals surface area contributed by atoms with Crippen LogP contribution in [0.25, 0.3) is 0 Å². The van der Waals surface area contributed by atoms with Crippen molar-refractivity contribution in [3.8, 4) is 5.75 Å². The molecular formula is C16H15FN2O4S. The summed E-state index contributed by atoms with van der Waals surface area (Å²) in [5.74, 6) is -0.219. The van der Waals surface area contributed by atoms with E-state index in [1.54, 1.807) is 12.1 Å². The van der Waals surface area contributed by atoms with Gasteiger partial charge in [0, 0.05) is 6.07 Å². The van der Waals surface area contributed by atoms with Crippen molar-refractivity contribution in [1.29, 1.82) is 0 Å². The summed E-state index contributed by atoms with van der Waals surface area (Å²) in [6.45, 7) is 2.14. The minimum Gasteiger partial charge on any atom is -0.490 e. The lowest BCUT2D eigenvalue weighted by atomic mass is 10.2. The number of fused-ring (bicyclic) bond motifs is 1. The van der Waals surface area contributed by atoms with E-state index in [0.717, 1.165) is 16.5 Å². The number of nitrogens with one attached hydrogen (secondary N) is 1. The molecule has 0 aliphatic carbocycles. The zero-order chi connectivity index (χ0) is 17.3. The molecule has 24 heavy (non-hydrogen) atoms. The van der Waals surface area contributed by atoms with Crippen LogP contribution >= 0.6 is 0 Å². The molecule has 1 N–H and O–H groups in total. The quantitative estimate of drug-likeness (QED) is 0.903. The van der Waals surface area contributed by atoms with Crippen LogP contribution in [0.2, 0.25) is 0 Å². The topological polar surface area (TPSA) is 75.7 Å². The maximum atomic E-state index is 13.4. The third-order valence-corrected chi connectivity index (χ3v) is 4.92. The molecule has 2 amide bonds. The van der Waals surface area contributed by atoms with Gasteiger partial charge in [-0.05, 0) is 31.2 Å². The number of carbonyl (C=O) groups is 1. The second-order valence-corrected chi connectivity index (χ2v) is 7.02.